The van der Waals surface area contributed by atoms with Crippen LogP contribution in [0.5, 0.6) is 0 Å². The maximum atomic E-state index is 12.7. The fourth-order valence-corrected chi connectivity index (χ4v) is 6.46. The lowest BCUT2D eigenvalue weighted by atomic mass is 9.88. The molecule has 6 aromatic carbocycles. The van der Waals surface area contributed by atoms with Crippen LogP contribution in [-0.4, -0.2) is 30.8 Å². The number of anilines is 2. The van der Waals surface area contributed by atoms with Crippen LogP contribution < -0.4 is 9.80 Å². The molecule has 7 heteroatoms. The van der Waals surface area contributed by atoms with Gasteiger partial charge in [0.2, 0.25) is 0 Å². The molecule has 0 unspecified atom stereocenters. The molecule has 0 aliphatic carbocycles. The minimum Gasteiger partial charge on any atom is -0.268 e. The number of fused-ring (bicyclic) bond motifs is 8. The van der Waals surface area contributed by atoms with E-state index in [4.69, 9.17) is 9.98 Å². The van der Waals surface area contributed by atoms with Gasteiger partial charge in [0.05, 0.1) is 33.9 Å². The number of aliphatic imine (C=N–C) groups is 2. The average Bonchev–Trinajstić information content (AvgIpc) is 3.69. The van der Waals surface area contributed by atoms with Gasteiger partial charge in [0.25, 0.3) is 11.8 Å². The predicted octanol–water partition coefficient (Wildman–Crippen LogP) is 12.7. The number of carbonyl (C=O) groups is 2. The predicted molar refractivity (Wildman–Crippen MR) is 230 cm³/mol. The van der Waals surface area contributed by atoms with Crippen LogP contribution in [0.4, 0.5) is 22.7 Å². The van der Waals surface area contributed by atoms with Crippen molar-refractivity contribution in [2.45, 2.75) is 69.0 Å². The standard InChI is InChI=1S/2C18H10N2O.C2H6B.4C2H6/c2*21-18-13-8-2-1-7-12(13)17-19-14-9-3-5-11-6-4-10-15(16(11)14)20(17)18;1-3-2;4*1-2/h2*1-10H;1-2H3;4*1-2H3. The van der Waals surface area contributed by atoms with Gasteiger partial charge in [-0.25, -0.2) is 9.98 Å². The lowest BCUT2D eigenvalue weighted by Crippen LogP contribution is -2.31. The van der Waals surface area contributed by atoms with E-state index in [1.807, 2.05) is 173 Å². The summed E-state index contributed by atoms with van der Waals surface area (Å²) in [6.07, 6.45) is 0. The molecule has 0 atom stereocenters. The molecular weight excluding hydrogens is 651 g/mol. The number of carbonyl (C=O) groups excluding carboxylic acids is 2. The van der Waals surface area contributed by atoms with Crippen molar-refractivity contribution < 1.29 is 9.59 Å². The molecule has 6 nitrogen and oxygen atoms in total. The van der Waals surface area contributed by atoms with Crippen LogP contribution in [0.2, 0.25) is 13.6 Å². The largest absolute Gasteiger partial charge is 0.268 e. The summed E-state index contributed by atoms with van der Waals surface area (Å²) in [6.45, 7) is 20.0. The number of benzene rings is 6. The summed E-state index contributed by atoms with van der Waals surface area (Å²) < 4.78 is 0. The summed E-state index contributed by atoms with van der Waals surface area (Å²) in [4.78, 5) is 38.4. The number of amidine groups is 2. The van der Waals surface area contributed by atoms with Gasteiger partial charge in [-0.3, -0.25) is 19.4 Å². The first-order valence-electron chi connectivity index (χ1n) is 18.9. The van der Waals surface area contributed by atoms with Gasteiger partial charge in [0.15, 0.2) is 0 Å². The molecule has 1 radical (unpaired) electrons. The van der Waals surface area contributed by atoms with Gasteiger partial charge >= 0.3 is 0 Å². The molecule has 4 heterocycles. The first-order chi connectivity index (χ1) is 26.1. The highest BCUT2D eigenvalue weighted by Crippen LogP contribution is 2.44. The maximum Gasteiger partial charge on any atom is 0.264 e. The topological polar surface area (TPSA) is 65.3 Å². The monoisotopic (exact) mass is 701 g/mol. The summed E-state index contributed by atoms with van der Waals surface area (Å²) >= 11 is 0. The van der Waals surface area contributed by atoms with Crippen LogP contribution in [0.25, 0.3) is 21.5 Å². The molecule has 0 saturated heterocycles. The molecule has 0 spiro atoms. The van der Waals surface area contributed by atoms with Crippen LogP contribution in [0.1, 0.15) is 87.2 Å². The number of amides is 2. The minimum atomic E-state index is 0.00588. The zero-order valence-corrected chi connectivity index (χ0v) is 32.7. The number of nitrogens with zero attached hydrogens (tertiary/aromatic N) is 4. The molecule has 0 N–H and O–H groups in total. The first kappa shape index (κ1) is 40.0. The van der Waals surface area contributed by atoms with E-state index >= 15 is 0 Å². The van der Waals surface area contributed by atoms with Crippen molar-refractivity contribution in [3.05, 3.63) is 144 Å². The molecule has 0 bridgehead atoms. The highest BCUT2D eigenvalue weighted by molar-refractivity contribution is 6.41. The summed E-state index contributed by atoms with van der Waals surface area (Å²) in [7, 11) is 2.00. The van der Waals surface area contributed by atoms with Crippen LogP contribution in [0.15, 0.2) is 131 Å². The number of hydrogen-bond acceptors (Lipinski definition) is 4. The lowest BCUT2D eigenvalue weighted by Gasteiger charge is -2.24. The van der Waals surface area contributed by atoms with Crippen molar-refractivity contribution >= 4 is 75.1 Å². The van der Waals surface area contributed by atoms with Crippen molar-refractivity contribution in [3.8, 4) is 0 Å². The van der Waals surface area contributed by atoms with Crippen LogP contribution in [-0.2, 0) is 0 Å². The van der Waals surface area contributed by atoms with Crippen molar-refractivity contribution in [1.29, 1.82) is 0 Å². The summed E-state index contributed by atoms with van der Waals surface area (Å²) in [6, 6.07) is 39.5. The van der Waals surface area contributed by atoms with Crippen molar-refractivity contribution in [3.63, 3.8) is 0 Å². The van der Waals surface area contributed by atoms with Gasteiger partial charge in [0, 0.05) is 21.9 Å². The van der Waals surface area contributed by atoms with E-state index in [1.54, 1.807) is 9.80 Å². The Kier molecular flexibility index (Phi) is 14.0. The normalized spacial score (nSPS) is 12.6. The van der Waals surface area contributed by atoms with Gasteiger partial charge in [-0.1, -0.05) is 154 Å². The van der Waals surface area contributed by atoms with Crippen molar-refractivity contribution in [2.24, 2.45) is 9.98 Å². The summed E-state index contributed by atoms with van der Waals surface area (Å²) in [5.74, 6) is 1.49. The minimum absolute atomic E-state index is 0.00588. The van der Waals surface area contributed by atoms with E-state index in [0.717, 1.165) is 78.2 Å². The van der Waals surface area contributed by atoms with E-state index in [9.17, 15) is 9.59 Å². The van der Waals surface area contributed by atoms with Crippen LogP contribution >= 0.6 is 0 Å². The molecule has 4 aliphatic heterocycles. The fourth-order valence-electron chi connectivity index (χ4n) is 6.46. The second-order valence-electron chi connectivity index (χ2n) is 11.1. The molecular formula is C46H50BN4O2. The van der Waals surface area contributed by atoms with Gasteiger partial charge in [-0.15, -0.1) is 0 Å². The zero-order chi connectivity index (χ0) is 38.7. The van der Waals surface area contributed by atoms with Crippen LogP contribution in [0.3, 0.4) is 0 Å². The van der Waals surface area contributed by atoms with Gasteiger partial charge in [-0.05, 0) is 47.2 Å². The Morgan fingerprint density at radius 3 is 1.06 bits per heavy atom. The van der Waals surface area contributed by atoms with Gasteiger partial charge in [-0.2, -0.15) is 0 Å². The smallest absolute Gasteiger partial charge is 0.264 e. The Bertz CT molecular complexity index is 2120. The van der Waals surface area contributed by atoms with Gasteiger partial charge in [0.1, 0.15) is 19.0 Å². The molecule has 2 amide bonds. The second kappa shape index (κ2) is 18.6. The molecule has 6 aromatic rings. The van der Waals surface area contributed by atoms with E-state index in [-0.39, 0.29) is 11.8 Å². The fraction of sp³-hybridized carbons (Fsp3) is 0.217. The molecule has 4 aliphatic rings. The zero-order valence-electron chi connectivity index (χ0n) is 32.7. The second-order valence-corrected chi connectivity index (χ2v) is 11.1. The van der Waals surface area contributed by atoms with E-state index in [0.29, 0.717) is 0 Å². The molecule has 0 saturated carbocycles. The highest BCUT2D eigenvalue weighted by atomic mass is 16.2. The summed E-state index contributed by atoms with van der Waals surface area (Å²) in [5, 5.41) is 4.31. The van der Waals surface area contributed by atoms with Crippen LogP contribution in [0, 0.1) is 0 Å². The SMILES string of the molecule is CC.CC.CC.CC.C[B]C.O=C1c2ccccc2C2=Nc3cccc4cccc(c34)N12.O=C1c2ccccc2C2=Nc3cccc4cccc(c34)N12. The molecule has 10 rings (SSSR count). The average molecular weight is 702 g/mol. The van der Waals surface area contributed by atoms with Crippen molar-refractivity contribution in [2.75, 3.05) is 9.80 Å². The van der Waals surface area contributed by atoms with E-state index in [1.165, 1.54) is 0 Å². The number of hydrogen-bond donors (Lipinski definition) is 0. The Hall–Kier alpha value is -5.82. The quantitative estimate of drug-likeness (QED) is 0.148. The third kappa shape index (κ3) is 7.16. The Morgan fingerprint density at radius 1 is 0.415 bits per heavy atom. The third-order valence-corrected chi connectivity index (χ3v) is 8.28. The summed E-state index contributed by atoms with van der Waals surface area (Å²) in [5.41, 5.74) is 6.98. The van der Waals surface area contributed by atoms with Gasteiger partial charge < -0.3 is 0 Å². The first-order valence-corrected chi connectivity index (χ1v) is 18.9. The van der Waals surface area contributed by atoms with E-state index in [2.05, 4.69) is 24.3 Å². The van der Waals surface area contributed by atoms with E-state index < -0.39 is 0 Å². The Labute approximate surface area is 316 Å². The molecule has 0 aromatic heterocycles. The highest BCUT2D eigenvalue weighted by Gasteiger charge is 2.39. The Morgan fingerprint density at radius 2 is 0.717 bits per heavy atom. The lowest BCUT2D eigenvalue weighted by molar-refractivity contribution is 0.0999. The molecule has 269 valence electrons. The molecule has 0 fully saturated rings. The maximum absolute atomic E-state index is 12.7. The van der Waals surface area contributed by atoms with Crippen molar-refractivity contribution in [1.82, 2.24) is 0 Å². The third-order valence-electron chi connectivity index (χ3n) is 8.28. The Balaban J connectivity index is 0.000000188. The molecule has 53 heavy (non-hydrogen) atoms. The number of rotatable bonds is 0.